The molecule has 4 rings (SSSR count). The van der Waals surface area contributed by atoms with Crippen LogP contribution in [0.5, 0.6) is 5.75 Å². The van der Waals surface area contributed by atoms with Gasteiger partial charge in [0.2, 0.25) is 0 Å². The first-order valence-corrected chi connectivity index (χ1v) is 7.71. The van der Waals surface area contributed by atoms with Gasteiger partial charge in [-0.2, -0.15) is 0 Å². The number of rotatable bonds is 2. The predicted molar refractivity (Wildman–Crippen MR) is 87.0 cm³/mol. The first kappa shape index (κ1) is 14.0. The third kappa shape index (κ3) is 2.51. The van der Waals surface area contributed by atoms with Crippen LogP contribution in [0.3, 0.4) is 0 Å². The van der Waals surface area contributed by atoms with Crippen molar-refractivity contribution in [3.63, 3.8) is 0 Å². The number of hydrogen-bond acceptors (Lipinski definition) is 3. The van der Waals surface area contributed by atoms with Crippen LogP contribution >= 0.6 is 0 Å². The van der Waals surface area contributed by atoms with Gasteiger partial charge in [0, 0.05) is 12.0 Å². The molecule has 0 saturated carbocycles. The molecule has 0 radical (unpaired) electrons. The van der Waals surface area contributed by atoms with E-state index >= 15 is 0 Å². The van der Waals surface area contributed by atoms with Gasteiger partial charge in [-0.1, -0.05) is 42.5 Å². The second-order valence-electron chi connectivity index (χ2n) is 5.92. The summed E-state index contributed by atoms with van der Waals surface area (Å²) in [4.78, 5) is 12.5. The molecule has 2 aliphatic rings. The Morgan fingerprint density at radius 3 is 2.83 bits per heavy atom. The Hall–Kier alpha value is -2.59. The molecule has 0 saturated heterocycles. The second kappa shape index (κ2) is 5.56. The Bertz CT molecular complexity index is 797. The molecule has 1 aliphatic carbocycles. The summed E-state index contributed by atoms with van der Waals surface area (Å²) in [5, 5.41) is 13.2. The fraction of sp³-hybridized carbons (Fsp3) is 0.211. The van der Waals surface area contributed by atoms with E-state index in [1.165, 1.54) is 0 Å². The second-order valence-corrected chi connectivity index (χ2v) is 5.92. The monoisotopic (exact) mass is 307 g/mol. The topological polar surface area (TPSA) is 58.6 Å². The third-order valence-electron chi connectivity index (χ3n) is 4.41. The molecule has 2 atom stereocenters. The molecule has 2 aromatic carbocycles. The lowest BCUT2D eigenvalue weighted by Crippen LogP contribution is -2.36. The molecule has 0 bridgehead atoms. The highest BCUT2D eigenvalue weighted by molar-refractivity contribution is 5.99. The van der Waals surface area contributed by atoms with E-state index in [0.717, 1.165) is 22.4 Å². The van der Waals surface area contributed by atoms with E-state index in [1.807, 2.05) is 54.6 Å². The normalized spacial score (nSPS) is 21.7. The molecule has 4 heteroatoms. The van der Waals surface area contributed by atoms with Gasteiger partial charge < -0.3 is 15.2 Å². The van der Waals surface area contributed by atoms with Crippen molar-refractivity contribution in [2.24, 2.45) is 0 Å². The third-order valence-corrected chi connectivity index (χ3v) is 4.41. The maximum atomic E-state index is 12.5. The van der Waals surface area contributed by atoms with Crippen molar-refractivity contribution in [2.75, 3.05) is 6.61 Å². The molecule has 0 aromatic heterocycles. The average molecular weight is 307 g/mol. The summed E-state index contributed by atoms with van der Waals surface area (Å²) in [5.41, 5.74) is 3.55. The SMILES string of the molecule is O=C(N[C@@H]1c2ccccc2C[C@H]1O)C1=Cc2ccccc2OC1. The number of amides is 1. The van der Waals surface area contributed by atoms with Crippen LogP contribution in [0.2, 0.25) is 0 Å². The number of para-hydroxylation sites is 1. The van der Waals surface area contributed by atoms with Crippen LogP contribution in [-0.4, -0.2) is 23.7 Å². The van der Waals surface area contributed by atoms with E-state index in [4.69, 9.17) is 4.74 Å². The minimum Gasteiger partial charge on any atom is -0.488 e. The zero-order valence-corrected chi connectivity index (χ0v) is 12.5. The van der Waals surface area contributed by atoms with E-state index in [0.29, 0.717) is 12.0 Å². The maximum absolute atomic E-state index is 12.5. The largest absolute Gasteiger partial charge is 0.488 e. The van der Waals surface area contributed by atoms with E-state index < -0.39 is 6.10 Å². The number of hydrogen-bond donors (Lipinski definition) is 2. The lowest BCUT2D eigenvalue weighted by Gasteiger charge is -2.21. The Morgan fingerprint density at radius 1 is 1.13 bits per heavy atom. The van der Waals surface area contributed by atoms with Crippen LogP contribution in [0.25, 0.3) is 6.08 Å². The first-order chi connectivity index (χ1) is 11.2. The van der Waals surface area contributed by atoms with Crippen LogP contribution in [0.4, 0.5) is 0 Å². The Kier molecular flexibility index (Phi) is 3.39. The highest BCUT2D eigenvalue weighted by Crippen LogP contribution is 2.32. The summed E-state index contributed by atoms with van der Waals surface area (Å²) < 4.78 is 5.63. The number of carbonyl (C=O) groups is 1. The van der Waals surface area contributed by atoms with Crippen LogP contribution < -0.4 is 10.1 Å². The van der Waals surface area contributed by atoms with Gasteiger partial charge in [-0.25, -0.2) is 0 Å². The predicted octanol–water partition coefficient (Wildman–Crippen LogP) is 2.24. The van der Waals surface area contributed by atoms with Gasteiger partial charge in [-0.3, -0.25) is 4.79 Å². The van der Waals surface area contributed by atoms with Crippen molar-refractivity contribution >= 4 is 12.0 Å². The van der Waals surface area contributed by atoms with E-state index in [2.05, 4.69) is 5.32 Å². The molecular weight excluding hydrogens is 290 g/mol. The van der Waals surface area contributed by atoms with Crippen LogP contribution in [0.15, 0.2) is 54.1 Å². The highest BCUT2D eigenvalue weighted by Gasteiger charge is 2.32. The molecule has 0 spiro atoms. The molecule has 4 nitrogen and oxygen atoms in total. The molecular formula is C19H17NO3. The quantitative estimate of drug-likeness (QED) is 0.894. The number of benzene rings is 2. The van der Waals surface area contributed by atoms with Gasteiger partial charge in [0.1, 0.15) is 12.4 Å². The van der Waals surface area contributed by atoms with Gasteiger partial charge in [-0.15, -0.1) is 0 Å². The Morgan fingerprint density at radius 2 is 1.91 bits per heavy atom. The van der Waals surface area contributed by atoms with Gasteiger partial charge in [0.25, 0.3) is 5.91 Å². The van der Waals surface area contributed by atoms with Gasteiger partial charge in [-0.05, 0) is 23.3 Å². The molecule has 1 heterocycles. The van der Waals surface area contributed by atoms with Crippen LogP contribution in [0.1, 0.15) is 22.7 Å². The lowest BCUT2D eigenvalue weighted by atomic mass is 10.0. The Balaban J connectivity index is 1.56. The van der Waals surface area contributed by atoms with E-state index in [1.54, 1.807) is 0 Å². The minimum absolute atomic E-state index is 0.194. The number of nitrogens with one attached hydrogen (secondary N) is 1. The molecule has 0 fully saturated rings. The van der Waals surface area contributed by atoms with E-state index in [9.17, 15) is 9.90 Å². The molecule has 2 N–H and O–H groups in total. The van der Waals surface area contributed by atoms with Crippen LogP contribution in [0, 0.1) is 0 Å². The van der Waals surface area contributed by atoms with Gasteiger partial charge in [0.05, 0.1) is 17.7 Å². The molecule has 1 amide bonds. The fourth-order valence-corrected chi connectivity index (χ4v) is 3.23. The average Bonchev–Trinajstić information content (AvgIpc) is 2.90. The van der Waals surface area contributed by atoms with Crippen molar-refractivity contribution in [1.82, 2.24) is 5.32 Å². The lowest BCUT2D eigenvalue weighted by molar-refractivity contribution is -0.119. The number of carbonyl (C=O) groups excluding carboxylic acids is 1. The summed E-state index contributed by atoms with van der Waals surface area (Å²) in [6, 6.07) is 15.1. The summed E-state index contributed by atoms with van der Waals surface area (Å²) in [6.45, 7) is 0.243. The Labute approximate surface area is 134 Å². The van der Waals surface area contributed by atoms with Crippen molar-refractivity contribution in [2.45, 2.75) is 18.6 Å². The van der Waals surface area contributed by atoms with Crippen LogP contribution in [-0.2, 0) is 11.2 Å². The molecule has 1 aliphatic heterocycles. The summed E-state index contributed by atoms with van der Waals surface area (Å²) in [6.07, 6.45) is 1.83. The molecule has 116 valence electrons. The number of aliphatic hydroxyl groups excluding tert-OH is 1. The zero-order chi connectivity index (χ0) is 15.8. The van der Waals surface area contributed by atoms with Crippen molar-refractivity contribution < 1.29 is 14.6 Å². The molecule has 23 heavy (non-hydrogen) atoms. The number of aliphatic hydroxyl groups is 1. The standard InChI is InChI=1S/C19H17NO3/c21-16-10-12-5-1-3-7-15(12)18(16)20-19(22)14-9-13-6-2-4-8-17(13)23-11-14/h1-9,16,18,21H,10-11H2,(H,20,22)/t16-,18-/m1/s1. The van der Waals surface area contributed by atoms with Gasteiger partial charge in [0.15, 0.2) is 0 Å². The summed E-state index contributed by atoms with van der Waals surface area (Å²) in [5.74, 6) is 0.593. The number of ether oxygens (including phenoxy) is 1. The summed E-state index contributed by atoms with van der Waals surface area (Å²) >= 11 is 0. The smallest absolute Gasteiger partial charge is 0.251 e. The summed E-state index contributed by atoms with van der Waals surface area (Å²) in [7, 11) is 0. The molecule has 2 aromatic rings. The van der Waals surface area contributed by atoms with Crippen molar-refractivity contribution in [1.29, 1.82) is 0 Å². The first-order valence-electron chi connectivity index (χ1n) is 7.71. The minimum atomic E-state index is -0.589. The zero-order valence-electron chi connectivity index (χ0n) is 12.5. The highest BCUT2D eigenvalue weighted by atomic mass is 16.5. The van der Waals surface area contributed by atoms with Crippen molar-refractivity contribution in [3.05, 3.63) is 70.8 Å². The fourth-order valence-electron chi connectivity index (χ4n) is 3.23. The molecule has 0 unspecified atom stereocenters. The maximum Gasteiger partial charge on any atom is 0.251 e. The number of fused-ring (bicyclic) bond motifs is 2. The van der Waals surface area contributed by atoms with E-state index in [-0.39, 0.29) is 18.6 Å². The van der Waals surface area contributed by atoms with Crippen molar-refractivity contribution in [3.8, 4) is 5.75 Å². The van der Waals surface area contributed by atoms with Gasteiger partial charge >= 0.3 is 0 Å².